The zero-order chi connectivity index (χ0) is 6.69. The Bertz CT molecular complexity index is 70.6. The number of aliphatic hydroxyl groups is 1. The van der Waals surface area contributed by atoms with Gasteiger partial charge in [0.1, 0.15) is 0 Å². The van der Waals surface area contributed by atoms with Crippen molar-refractivity contribution in [1.29, 1.82) is 0 Å². The summed E-state index contributed by atoms with van der Waals surface area (Å²) in [4.78, 5) is 0. The van der Waals surface area contributed by atoms with Crippen LogP contribution in [0.25, 0.3) is 0 Å². The van der Waals surface area contributed by atoms with Gasteiger partial charge in [0.05, 0.1) is 0 Å². The van der Waals surface area contributed by atoms with Gasteiger partial charge >= 0.3 is 0 Å². The van der Waals surface area contributed by atoms with Crippen molar-refractivity contribution in [1.82, 2.24) is 0 Å². The van der Waals surface area contributed by atoms with E-state index in [-0.39, 0.29) is 0 Å². The number of aliphatic hydroxyl groups excluding tert-OH is 1. The zero-order valence-electron chi connectivity index (χ0n) is 6.14. The highest BCUT2D eigenvalue weighted by molar-refractivity contribution is 4.84. The normalized spacial score (nSPS) is 32.7. The smallest absolute Gasteiger partial charge is 0.0433 e. The van der Waals surface area contributed by atoms with Gasteiger partial charge in [-0.3, -0.25) is 0 Å². The molecule has 2 atom stereocenters. The van der Waals surface area contributed by atoms with E-state index < -0.39 is 0 Å². The highest BCUT2D eigenvalue weighted by atomic mass is 16.3. The molecule has 0 spiro atoms. The van der Waals surface area contributed by atoms with Gasteiger partial charge in [-0.1, -0.05) is 19.8 Å². The van der Waals surface area contributed by atoms with E-state index >= 15 is 0 Å². The molecule has 0 amide bonds. The molecule has 0 aromatic rings. The second-order valence-corrected chi connectivity index (χ2v) is 3.06. The zero-order valence-corrected chi connectivity index (χ0v) is 6.14. The van der Waals surface area contributed by atoms with Gasteiger partial charge in [0, 0.05) is 6.61 Å². The highest BCUT2D eigenvalue weighted by Gasteiger charge is 2.34. The van der Waals surface area contributed by atoms with E-state index in [9.17, 15) is 0 Å². The minimum atomic E-state index is 0.394. The first kappa shape index (κ1) is 7.07. The summed E-state index contributed by atoms with van der Waals surface area (Å²) in [5.74, 6) is 1.86. The van der Waals surface area contributed by atoms with Crippen LogP contribution >= 0.6 is 0 Å². The topological polar surface area (TPSA) is 20.2 Å². The third-order valence-corrected chi connectivity index (χ3v) is 2.23. The van der Waals surface area contributed by atoms with Crippen LogP contribution in [-0.4, -0.2) is 11.7 Å². The molecule has 0 radical (unpaired) electrons. The molecule has 1 fully saturated rings. The number of rotatable bonds is 4. The quantitative estimate of drug-likeness (QED) is 0.612. The van der Waals surface area contributed by atoms with Crippen molar-refractivity contribution in [2.45, 2.75) is 32.6 Å². The molecule has 0 bridgehead atoms. The molecule has 9 heavy (non-hydrogen) atoms. The van der Waals surface area contributed by atoms with Gasteiger partial charge in [-0.15, -0.1) is 0 Å². The van der Waals surface area contributed by atoms with Crippen molar-refractivity contribution < 1.29 is 5.11 Å². The first-order chi connectivity index (χ1) is 4.38. The molecule has 1 aliphatic carbocycles. The van der Waals surface area contributed by atoms with Gasteiger partial charge in [0.25, 0.3) is 0 Å². The van der Waals surface area contributed by atoms with Crippen molar-refractivity contribution in [3.63, 3.8) is 0 Å². The molecular weight excluding hydrogens is 112 g/mol. The molecule has 1 nitrogen and oxygen atoms in total. The summed E-state index contributed by atoms with van der Waals surface area (Å²) < 4.78 is 0. The maximum atomic E-state index is 8.56. The number of hydrogen-bond donors (Lipinski definition) is 1. The lowest BCUT2D eigenvalue weighted by atomic mass is 10.2. The van der Waals surface area contributed by atoms with Crippen LogP contribution in [0.3, 0.4) is 0 Å². The van der Waals surface area contributed by atoms with Crippen LogP contribution in [0.2, 0.25) is 0 Å². The SMILES string of the molecule is CCC[C@@H]1C[C@@H]1CCO. The molecular formula is C8H16O. The summed E-state index contributed by atoms with van der Waals surface area (Å²) in [6.07, 6.45) is 5.12. The molecule has 54 valence electrons. The van der Waals surface area contributed by atoms with E-state index in [2.05, 4.69) is 6.92 Å². The average Bonchev–Trinajstić information content (AvgIpc) is 2.50. The van der Waals surface area contributed by atoms with Crippen LogP contribution in [0.1, 0.15) is 32.6 Å². The summed E-state index contributed by atoms with van der Waals surface area (Å²) in [5.41, 5.74) is 0. The monoisotopic (exact) mass is 128 g/mol. The molecule has 0 aromatic carbocycles. The van der Waals surface area contributed by atoms with E-state index in [0.717, 1.165) is 18.3 Å². The maximum absolute atomic E-state index is 8.56. The molecule has 0 aliphatic heterocycles. The van der Waals surface area contributed by atoms with Gasteiger partial charge in [-0.2, -0.15) is 0 Å². The Balaban J connectivity index is 1.96. The molecule has 1 saturated carbocycles. The Kier molecular flexibility index (Phi) is 2.52. The van der Waals surface area contributed by atoms with Crippen LogP contribution in [0.5, 0.6) is 0 Å². The lowest BCUT2D eigenvalue weighted by Gasteiger charge is -1.92. The minimum Gasteiger partial charge on any atom is -0.396 e. The van der Waals surface area contributed by atoms with E-state index in [1.54, 1.807) is 0 Å². The third kappa shape index (κ3) is 1.98. The average molecular weight is 128 g/mol. The van der Waals surface area contributed by atoms with E-state index in [4.69, 9.17) is 5.11 Å². The third-order valence-electron chi connectivity index (χ3n) is 2.23. The van der Waals surface area contributed by atoms with E-state index in [1.807, 2.05) is 0 Å². The Morgan fingerprint density at radius 2 is 2.00 bits per heavy atom. The Morgan fingerprint density at radius 1 is 1.33 bits per heavy atom. The molecule has 0 unspecified atom stereocenters. The predicted octanol–water partition coefficient (Wildman–Crippen LogP) is 1.81. The van der Waals surface area contributed by atoms with Crippen LogP contribution in [0, 0.1) is 11.8 Å². The summed E-state index contributed by atoms with van der Waals surface area (Å²) in [5, 5.41) is 8.56. The lowest BCUT2D eigenvalue weighted by molar-refractivity contribution is 0.276. The summed E-state index contributed by atoms with van der Waals surface area (Å²) in [6.45, 7) is 2.62. The second kappa shape index (κ2) is 3.21. The molecule has 1 N–H and O–H groups in total. The fourth-order valence-electron chi connectivity index (χ4n) is 1.55. The van der Waals surface area contributed by atoms with Gasteiger partial charge in [-0.25, -0.2) is 0 Å². The molecule has 0 heterocycles. The van der Waals surface area contributed by atoms with Gasteiger partial charge in [0.2, 0.25) is 0 Å². The molecule has 1 rings (SSSR count). The maximum Gasteiger partial charge on any atom is 0.0433 e. The van der Waals surface area contributed by atoms with Crippen molar-refractivity contribution in [3.8, 4) is 0 Å². The fourth-order valence-corrected chi connectivity index (χ4v) is 1.55. The number of hydrogen-bond acceptors (Lipinski definition) is 1. The molecule has 1 heteroatoms. The standard InChI is InChI=1S/C8H16O/c1-2-3-7-6-8(7)4-5-9/h7-9H,2-6H2,1H3/t7-,8+/m1/s1. The fraction of sp³-hybridized carbons (Fsp3) is 1.00. The van der Waals surface area contributed by atoms with Crippen LogP contribution < -0.4 is 0 Å². The Labute approximate surface area is 57.1 Å². The van der Waals surface area contributed by atoms with Gasteiger partial charge in [0.15, 0.2) is 0 Å². The Hall–Kier alpha value is -0.0400. The van der Waals surface area contributed by atoms with Gasteiger partial charge in [-0.05, 0) is 24.7 Å². The van der Waals surface area contributed by atoms with E-state index in [0.29, 0.717) is 6.61 Å². The highest BCUT2D eigenvalue weighted by Crippen LogP contribution is 2.43. The minimum absolute atomic E-state index is 0.394. The lowest BCUT2D eigenvalue weighted by Crippen LogP contribution is -1.86. The van der Waals surface area contributed by atoms with E-state index in [1.165, 1.54) is 19.3 Å². The molecule has 0 saturated heterocycles. The second-order valence-electron chi connectivity index (χ2n) is 3.06. The first-order valence-corrected chi connectivity index (χ1v) is 3.99. The Morgan fingerprint density at radius 3 is 2.56 bits per heavy atom. The van der Waals surface area contributed by atoms with Crippen molar-refractivity contribution in [2.24, 2.45) is 11.8 Å². The largest absolute Gasteiger partial charge is 0.396 e. The summed E-state index contributed by atoms with van der Waals surface area (Å²) in [6, 6.07) is 0. The van der Waals surface area contributed by atoms with Crippen LogP contribution in [0.4, 0.5) is 0 Å². The predicted molar refractivity (Wildman–Crippen MR) is 38.2 cm³/mol. The van der Waals surface area contributed by atoms with Crippen molar-refractivity contribution in [3.05, 3.63) is 0 Å². The van der Waals surface area contributed by atoms with Crippen LogP contribution in [-0.2, 0) is 0 Å². The molecule has 1 aliphatic rings. The van der Waals surface area contributed by atoms with Crippen LogP contribution in [0.15, 0.2) is 0 Å². The van der Waals surface area contributed by atoms with Gasteiger partial charge < -0.3 is 5.11 Å². The van der Waals surface area contributed by atoms with Crippen molar-refractivity contribution >= 4 is 0 Å². The summed E-state index contributed by atoms with van der Waals surface area (Å²) in [7, 11) is 0. The molecule has 0 aromatic heterocycles. The first-order valence-electron chi connectivity index (χ1n) is 3.99. The van der Waals surface area contributed by atoms with Crippen molar-refractivity contribution in [2.75, 3.05) is 6.61 Å². The summed E-state index contributed by atoms with van der Waals surface area (Å²) >= 11 is 0.